The lowest BCUT2D eigenvalue weighted by Crippen LogP contribution is -2.38. The molecule has 2 aliphatic rings. The Morgan fingerprint density at radius 2 is 2.32 bits per heavy atom. The van der Waals surface area contributed by atoms with Gasteiger partial charge < -0.3 is 15.4 Å². The first kappa shape index (κ1) is 14.2. The van der Waals surface area contributed by atoms with Gasteiger partial charge in [-0.05, 0) is 51.0 Å². The number of ether oxygens (including phenoxy) is 1. The van der Waals surface area contributed by atoms with E-state index < -0.39 is 0 Å². The van der Waals surface area contributed by atoms with E-state index in [0.29, 0.717) is 29.1 Å². The molecule has 1 unspecified atom stereocenters. The molecule has 104 valence electrons. The highest BCUT2D eigenvalue weighted by atomic mass is 35.5. The number of carbonyl (C=O) groups is 1. The topological polar surface area (TPSA) is 50.4 Å². The summed E-state index contributed by atoms with van der Waals surface area (Å²) in [5.41, 5.74) is 1.08. The molecular formula is C14H19ClN2O2. The summed E-state index contributed by atoms with van der Waals surface area (Å²) in [6, 6.07) is 0.381. The maximum Gasteiger partial charge on any atom is 0.287 e. The Morgan fingerprint density at radius 1 is 1.53 bits per heavy atom. The summed E-state index contributed by atoms with van der Waals surface area (Å²) in [6.45, 7) is 5.20. The van der Waals surface area contributed by atoms with Crippen LogP contribution < -0.4 is 10.6 Å². The number of hydrogen-bond donors (Lipinski definition) is 2. The van der Waals surface area contributed by atoms with E-state index in [9.17, 15) is 4.79 Å². The van der Waals surface area contributed by atoms with Gasteiger partial charge in [0.05, 0.1) is 6.54 Å². The van der Waals surface area contributed by atoms with Gasteiger partial charge >= 0.3 is 0 Å². The smallest absolute Gasteiger partial charge is 0.287 e. The third kappa shape index (κ3) is 3.85. The number of amides is 1. The molecule has 4 nitrogen and oxygen atoms in total. The normalized spacial score (nSPS) is 31.1. The molecule has 19 heavy (non-hydrogen) atoms. The summed E-state index contributed by atoms with van der Waals surface area (Å²) < 4.78 is 5.73. The van der Waals surface area contributed by atoms with Crippen molar-refractivity contribution in [2.24, 2.45) is 0 Å². The van der Waals surface area contributed by atoms with Crippen molar-refractivity contribution in [3.8, 4) is 0 Å². The number of rotatable bonds is 1. The Balaban J connectivity index is 2.19. The van der Waals surface area contributed by atoms with Crippen LogP contribution in [0.25, 0.3) is 0 Å². The van der Waals surface area contributed by atoms with E-state index in [1.165, 1.54) is 0 Å². The van der Waals surface area contributed by atoms with E-state index in [-0.39, 0.29) is 5.91 Å². The van der Waals surface area contributed by atoms with E-state index in [1.807, 2.05) is 0 Å². The van der Waals surface area contributed by atoms with Crippen LogP contribution in [0.3, 0.4) is 0 Å². The molecule has 0 aromatic carbocycles. The van der Waals surface area contributed by atoms with Crippen LogP contribution in [0, 0.1) is 0 Å². The van der Waals surface area contributed by atoms with Crippen LogP contribution in [0.2, 0.25) is 0 Å². The Labute approximate surface area is 118 Å². The molecule has 2 saturated heterocycles. The second-order valence-corrected chi connectivity index (χ2v) is 5.51. The Kier molecular flexibility index (Phi) is 4.66. The lowest BCUT2D eigenvalue weighted by Gasteiger charge is -2.27. The molecular weight excluding hydrogens is 264 g/mol. The van der Waals surface area contributed by atoms with E-state index >= 15 is 0 Å². The van der Waals surface area contributed by atoms with Crippen molar-refractivity contribution in [1.29, 1.82) is 0 Å². The lowest BCUT2D eigenvalue weighted by molar-refractivity contribution is -0.122. The zero-order chi connectivity index (χ0) is 13.8. The fraction of sp³-hybridized carbons (Fsp3) is 0.500. The van der Waals surface area contributed by atoms with Gasteiger partial charge in [0.2, 0.25) is 0 Å². The van der Waals surface area contributed by atoms with Crippen molar-refractivity contribution in [1.82, 2.24) is 10.6 Å². The van der Waals surface area contributed by atoms with Gasteiger partial charge in [0, 0.05) is 11.1 Å². The Hall–Kier alpha value is -1.26. The molecule has 0 saturated carbocycles. The monoisotopic (exact) mass is 282 g/mol. The van der Waals surface area contributed by atoms with Gasteiger partial charge in [0.1, 0.15) is 5.76 Å². The number of allylic oxidation sites excluding steroid dienone is 3. The number of piperidine rings is 1. The average molecular weight is 283 g/mol. The molecule has 0 aromatic heterocycles. The van der Waals surface area contributed by atoms with Gasteiger partial charge in [-0.15, -0.1) is 0 Å². The van der Waals surface area contributed by atoms with Crippen molar-refractivity contribution in [2.45, 2.75) is 32.7 Å². The van der Waals surface area contributed by atoms with Gasteiger partial charge in [-0.25, -0.2) is 0 Å². The van der Waals surface area contributed by atoms with Crippen LogP contribution in [0.4, 0.5) is 0 Å². The summed E-state index contributed by atoms with van der Waals surface area (Å²) in [4.78, 5) is 11.9. The molecule has 0 radical (unpaired) electrons. The van der Waals surface area contributed by atoms with Crippen molar-refractivity contribution >= 4 is 17.5 Å². The molecule has 2 heterocycles. The number of hydrogen-bond acceptors (Lipinski definition) is 3. The fourth-order valence-corrected chi connectivity index (χ4v) is 2.28. The minimum Gasteiger partial charge on any atom is -0.454 e. The molecule has 0 aromatic rings. The van der Waals surface area contributed by atoms with Gasteiger partial charge in [-0.1, -0.05) is 11.6 Å². The highest BCUT2D eigenvalue weighted by molar-refractivity contribution is 6.29. The molecule has 1 atom stereocenters. The van der Waals surface area contributed by atoms with Gasteiger partial charge in [-0.3, -0.25) is 4.79 Å². The predicted molar refractivity (Wildman–Crippen MR) is 75.5 cm³/mol. The van der Waals surface area contributed by atoms with Crippen LogP contribution >= 0.6 is 11.6 Å². The molecule has 5 heteroatoms. The molecule has 2 aliphatic heterocycles. The molecule has 2 N–H and O–H groups in total. The minimum atomic E-state index is -0.118. The van der Waals surface area contributed by atoms with Gasteiger partial charge in [-0.2, -0.15) is 0 Å². The average Bonchev–Trinajstić information content (AvgIpc) is 2.37. The van der Waals surface area contributed by atoms with Gasteiger partial charge in [0.15, 0.2) is 5.76 Å². The van der Waals surface area contributed by atoms with Crippen molar-refractivity contribution < 1.29 is 9.53 Å². The second-order valence-electron chi connectivity index (χ2n) is 4.91. The summed E-state index contributed by atoms with van der Waals surface area (Å²) >= 11 is 5.78. The molecule has 1 amide bonds. The molecule has 2 fully saturated rings. The van der Waals surface area contributed by atoms with E-state index in [0.717, 1.165) is 25.0 Å². The highest BCUT2D eigenvalue weighted by Crippen LogP contribution is 2.24. The summed E-state index contributed by atoms with van der Waals surface area (Å²) in [5.74, 6) is 1.06. The molecule has 0 aliphatic carbocycles. The van der Waals surface area contributed by atoms with Crippen LogP contribution in [-0.4, -0.2) is 25.0 Å². The minimum absolute atomic E-state index is 0.118. The SMILES string of the molecule is C/C(Cl)=C\C=C1/CNC(=O)/C(=C2\CCNC(C)C2)O1. The maximum atomic E-state index is 11.9. The maximum absolute atomic E-state index is 11.9. The van der Waals surface area contributed by atoms with E-state index in [1.54, 1.807) is 19.1 Å². The Bertz CT molecular complexity index is 462. The largest absolute Gasteiger partial charge is 0.454 e. The first-order chi connectivity index (χ1) is 9.06. The third-order valence-corrected chi connectivity index (χ3v) is 3.28. The second kappa shape index (κ2) is 6.26. The van der Waals surface area contributed by atoms with E-state index in [2.05, 4.69) is 17.6 Å². The highest BCUT2D eigenvalue weighted by Gasteiger charge is 2.26. The molecule has 2 rings (SSSR count). The number of carbonyl (C=O) groups excluding carboxylic acids is 1. The summed E-state index contributed by atoms with van der Waals surface area (Å²) in [5, 5.41) is 6.87. The van der Waals surface area contributed by atoms with Crippen LogP contribution in [-0.2, 0) is 9.53 Å². The molecule has 0 bridgehead atoms. The predicted octanol–water partition coefficient (Wildman–Crippen LogP) is 2.19. The zero-order valence-corrected chi connectivity index (χ0v) is 12.0. The zero-order valence-electron chi connectivity index (χ0n) is 11.3. The number of morpholine rings is 1. The summed E-state index contributed by atoms with van der Waals surface area (Å²) in [7, 11) is 0. The first-order valence-electron chi connectivity index (χ1n) is 6.50. The van der Waals surface area contributed by atoms with Gasteiger partial charge in [0.25, 0.3) is 5.91 Å². The number of halogens is 1. The third-order valence-electron chi connectivity index (χ3n) is 3.15. The standard InChI is InChI=1S/C14H19ClN2O2/c1-9(15)3-4-12-8-17-14(18)13(19-12)11-5-6-16-10(2)7-11/h3-4,10,16H,5-8H2,1-2H3,(H,17,18)/b9-3+,12-4+,13-11-. The van der Waals surface area contributed by atoms with Crippen LogP contribution in [0.1, 0.15) is 26.7 Å². The van der Waals surface area contributed by atoms with E-state index in [4.69, 9.17) is 16.3 Å². The Morgan fingerprint density at radius 3 is 3.00 bits per heavy atom. The quantitative estimate of drug-likeness (QED) is 0.725. The fourth-order valence-electron chi connectivity index (χ4n) is 2.21. The number of nitrogens with one attached hydrogen (secondary N) is 2. The van der Waals surface area contributed by atoms with Crippen LogP contribution in [0.15, 0.2) is 34.3 Å². The first-order valence-corrected chi connectivity index (χ1v) is 6.88. The van der Waals surface area contributed by atoms with Crippen molar-refractivity contribution in [3.63, 3.8) is 0 Å². The van der Waals surface area contributed by atoms with Crippen molar-refractivity contribution in [3.05, 3.63) is 34.3 Å². The summed E-state index contributed by atoms with van der Waals surface area (Å²) in [6.07, 6.45) is 5.26. The lowest BCUT2D eigenvalue weighted by atomic mass is 9.98. The van der Waals surface area contributed by atoms with Crippen LogP contribution in [0.5, 0.6) is 0 Å². The van der Waals surface area contributed by atoms with Crippen molar-refractivity contribution in [2.75, 3.05) is 13.1 Å². The molecule has 0 spiro atoms.